The van der Waals surface area contributed by atoms with Crippen molar-refractivity contribution < 1.29 is 47.1 Å². The number of methoxy groups -OCH3 is 2. The van der Waals surface area contributed by atoms with E-state index in [1.54, 1.807) is 54.7 Å². The summed E-state index contributed by atoms with van der Waals surface area (Å²) in [5.41, 5.74) is 1.07. The number of benzene rings is 2. The number of rotatable bonds is 12. The number of nitrogens with one attached hydrogen (secondary N) is 6. The number of hydrogen-bond donors (Lipinski definition) is 6. The van der Waals surface area contributed by atoms with Crippen molar-refractivity contribution in [1.29, 1.82) is 0 Å². The molecule has 10 rings (SSSR count). The Labute approximate surface area is 423 Å². The lowest BCUT2D eigenvalue weighted by Gasteiger charge is -2.26. The molecule has 4 aliphatic heterocycles. The van der Waals surface area contributed by atoms with E-state index in [1.807, 2.05) is 26.0 Å². The molecule has 0 radical (unpaired) electrons. The van der Waals surface area contributed by atoms with Crippen LogP contribution in [0.2, 0.25) is 0 Å². The first-order valence-electron chi connectivity index (χ1n) is 22.1. The third kappa shape index (κ3) is 10.9. The second-order valence-corrected chi connectivity index (χ2v) is 17.0. The number of carbonyl (C=O) groups excluding carboxylic acids is 6. The van der Waals surface area contributed by atoms with Crippen LogP contribution in [0.4, 0.5) is 21.6 Å². The molecule has 4 aliphatic rings. The van der Waals surface area contributed by atoms with Gasteiger partial charge in [-0.05, 0) is 89.4 Å². The highest BCUT2D eigenvalue weighted by molar-refractivity contribution is 9.10. The van der Waals surface area contributed by atoms with Crippen molar-refractivity contribution in [2.75, 3.05) is 51.0 Å². The van der Waals surface area contributed by atoms with Crippen LogP contribution in [0.1, 0.15) is 51.3 Å². The molecule has 2 saturated heterocycles. The number of pyridine rings is 2. The average molecular weight is 1060 g/mol. The quantitative estimate of drug-likeness (QED) is 0.0756. The predicted octanol–water partition coefficient (Wildman–Crippen LogP) is 3.35. The van der Waals surface area contributed by atoms with Crippen LogP contribution in [0.15, 0.2) is 86.4 Å². The summed E-state index contributed by atoms with van der Waals surface area (Å²) in [5.74, 6) is 8.04. The fourth-order valence-corrected chi connectivity index (χ4v) is 7.85. The van der Waals surface area contributed by atoms with Crippen molar-refractivity contribution in [3.8, 4) is 58.9 Å². The highest BCUT2D eigenvalue weighted by Gasteiger charge is 2.49. The number of imide groups is 2. The number of aromatic nitrogens is 6. The van der Waals surface area contributed by atoms with Crippen molar-refractivity contribution in [1.82, 2.24) is 61.4 Å². The van der Waals surface area contributed by atoms with E-state index < -0.39 is 35.0 Å². The standard InChI is InChI=1S/C24H21N7O5.C15H13N3O4.C9H9BrN4O/c1-3-25-23-30-29-19(36-23)18-7-4-14(11-26-18)8-9-24(21(33)27-22(34)28-24)13-31-12-15-5-6-16(35-2)10-17(15)20(31)32;1-3-15(13(20)16-14(21)17-15)8-18-7-9-4-5-10(22-2)6-11(9)12(18)19;1-2-11-9-14-13-8(15-9)7-4-3-6(10)5-12-7/h4-7,10-11H,3,12-13H2,1-2H3,(H,25,30)(H2,27,28,33,34);1,4-6H,7-8H2,2H3,(H2,16,17,20,21);3-5H,2H2,1H3,(H,11,14)/t24-;15-;/m11./s1. The van der Waals surface area contributed by atoms with E-state index in [-0.39, 0.29) is 37.3 Å². The third-order valence-corrected chi connectivity index (χ3v) is 11.7. The summed E-state index contributed by atoms with van der Waals surface area (Å²) < 4.78 is 22.0. The minimum atomic E-state index is -1.62. The van der Waals surface area contributed by atoms with Gasteiger partial charge >= 0.3 is 24.1 Å². The van der Waals surface area contributed by atoms with E-state index in [2.05, 4.69) is 96.0 Å². The van der Waals surface area contributed by atoms with Gasteiger partial charge in [0.1, 0.15) is 22.9 Å². The number of fused-ring (bicyclic) bond motifs is 2. The Bertz CT molecular complexity index is 3240. The number of amides is 8. The Morgan fingerprint density at radius 2 is 1.18 bits per heavy atom. The van der Waals surface area contributed by atoms with Crippen LogP contribution < -0.4 is 41.4 Å². The number of carbonyl (C=O) groups is 6. The van der Waals surface area contributed by atoms with E-state index in [0.29, 0.717) is 70.6 Å². The third-order valence-electron chi connectivity index (χ3n) is 11.2. The van der Waals surface area contributed by atoms with Gasteiger partial charge in [-0.1, -0.05) is 40.1 Å². The summed E-state index contributed by atoms with van der Waals surface area (Å²) in [6.45, 7) is 5.64. The minimum absolute atomic E-state index is 0.0864. The monoisotopic (exact) mass is 1050 g/mol. The van der Waals surface area contributed by atoms with Crippen molar-refractivity contribution in [2.24, 2.45) is 0 Å². The molecule has 0 saturated carbocycles. The molecule has 0 unspecified atom stereocenters. The van der Waals surface area contributed by atoms with E-state index in [0.717, 1.165) is 22.1 Å². The van der Waals surface area contributed by atoms with Gasteiger partial charge in [-0.15, -0.1) is 16.6 Å². The molecule has 0 aliphatic carbocycles. The number of ether oxygens (including phenoxy) is 2. The van der Waals surface area contributed by atoms with Crippen molar-refractivity contribution in [2.45, 2.75) is 38.0 Å². The van der Waals surface area contributed by atoms with Gasteiger partial charge in [0.15, 0.2) is 5.54 Å². The molecule has 0 spiro atoms. The second-order valence-electron chi connectivity index (χ2n) is 16.1. The number of hydrogen-bond acceptors (Lipinski definition) is 18. The molecule has 6 aromatic rings. The smallest absolute Gasteiger partial charge is 0.323 e. The molecular formula is C48H43BrN14O10. The van der Waals surface area contributed by atoms with Gasteiger partial charge in [0.05, 0.1) is 27.3 Å². The molecule has 24 nitrogen and oxygen atoms in total. The molecule has 25 heteroatoms. The van der Waals surface area contributed by atoms with Crippen LogP contribution in [0.3, 0.4) is 0 Å². The summed E-state index contributed by atoms with van der Waals surface area (Å²) in [6, 6.07) is 16.8. The van der Waals surface area contributed by atoms with Gasteiger partial charge in [-0.3, -0.25) is 29.8 Å². The maximum Gasteiger partial charge on any atom is 0.323 e. The van der Waals surface area contributed by atoms with Crippen LogP contribution in [0.25, 0.3) is 23.2 Å². The van der Waals surface area contributed by atoms with E-state index in [4.69, 9.17) is 24.7 Å². The van der Waals surface area contributed by atoms with E-state index in [9.17, 15) is 28.8 Å². The van der Waals surface area contributed by atoms with Crippen LogP contribution in [-0.2, 0) is 22.7 Å². The molecule has 2 aromatic carbocycles. The summed E-state index contributed by atoms with van der Waals surface area (Å²) in [7, 11) is 3.04. The van der Waals surface area contributed by atoms with Crippen molar-refractivity contribution >= 4 is 63.7 Å². The van der Waals surface area contributed by atoms with Crippen LogP contribution in [-0.4, -0.2) is 127 Å². The van der Waals surface area contributed by atoms with Gasteiger partial charge in [-0.25, -0.2) is 19.6 Å². The summed E-state index contributed by atoms with van der Waals surface area (Å²) >= 11 is 3.31. The topological polar surface area (TPSA) is 303 Å². The maximum atomic E-state index is 13.0. The van der Waals surface area contributed by atoms with Gasteiger partial charge in [0.25, 0.3) is 35.4 Å². The summed E-state index contributed by atoms with van der Waals surface area (Å²) in [6.07, 6.45) is 8.59. The van der Waals surface area contributed by atoms with Gasteiger partial charge in [0, 0.05) is 59.7 Å². The zero-order chi connectivity index (χ0) is 51.9. The molecule has 2 atom stereocenters. The summed E-state index contributed by atoms with van der Waals surface area (Å²) in [5, 5.41) is 30.7. The number of urea groups is 2. The van der Waals surface area contributed by atoms with Crippen LogP contribution in [0.5, 0.6) is 11.5 Å². The Kier molecular flexibility index (Phi) is 14.6. The van der Waals surface area contributed by atoms with Crippen molar-refractivity contribution in [3.05, 3.63) is 105 Å². The van der Waals surface area contributed by atoms with Crippen LogP contribution in [0, 0.1) is 24.2 Å². The summed E-state index contributed by atoms with van der Waals surface area (Å²) in [4.78, 5) is 84.9. The van der Waals surface area contributed by atoms with Gasteiger partial charge in [-0.2, -0.15) is 0 Å². The van der Waals surface area contributed by atoms with Crippen LogP contribution >= 0.6 is 15.9 Å². The molecule has 372 valence electrons. The Balaban J connectivity index is 0.000000162. The Hall–Kier alpha value is -9.36. The van der Waals surface area contributed by atoms with Crippen molar-refractivity contribution in [3.63, 3.8) is 0 Å². The fraction of sp³-hybridized carbons (Fsp3) is 0.250. The molecular weight excluding hydrogens is 1010 g/mol. The fourth-order valence-electron chi connectivity index (χ4n) is 7.62. The molecule has 0 bridgehead atoms. The molecule has 2 fully saturated rings. The highest BCUT2D eigenvalue weighted by Crippen LogP contribution is 2.30. The molecule has 4 aromatic heterocycles. The molecule has 8 heterocycles. The first-order chi connectivity index (χ1) is 35.2. The van der Waals surface area contributed by atoms with E-state index in [1.165, 1.54) is 30.2 Å². The molecule has 73 heavy (non-hydrogen) atoms. The minimum Gasteiger partial charge on any atom is -0.497 e. The second kappa shape index (κ2) is 21.3. The number of halogens is 1. The predicted molar refractivity (Wildman–Crippen MR) is 261 cm³/mol. The normalized spacial score (nSPS) is 18.0. The largest absolute Gasteiger partial charge is 0.497 e. The molecule has 8 amide bonds. The lowest BCUT2D eigenvalue weighted by atomic mass is 9.99. The van der Waals surface area contributed by atoms with E-state index >= 15 is 0 Å². The maximum absolute atomic E-state index is 13.0. The lowest BCUT2D eigenvalue weighted by Crippen LogP contribution is -2.54. The SMILES string of the molecule is C#C[C@]1(CN2Cc3ccc(OC)cc3C2=O)NC(=O)NC1=O.CCNc1nnc(-c2ccc(Br)cn2)o1.CCNc1nnc(-c2ccc(C#C[C@]3(CN4Cc5ccc(OC)cc5C4=O)NC(=O)NC3=O)cn2)o1. The molecule has 6 N–H and O–H groups in total. The Morgan fingerprint density at radius 1 is 0.685 bits per heavy atom. The lowest BCUT2D eigenvalue weighted by molar-refractivity contribution is -0.123. The highest BCUT2D eigenvalue weighted by atomic mass is 79.9. The number of anilines is 2. The zero-order valence-corrected chi connectivity index (χ0v) is 40.9. The first kappa shape index (κ1) is 50.0. The number of nitrogens with zero attached hydrogens (tertiary/aromatic N) is 8. The van der Waals surface area contributed by atoms with Gasteiger partial charge in [0.2, 0.25) is 5.54 Å². The number of terminal acetylenes is 1. The van der Waals surface area contributed by atoms with Gasteiger partial charge < -0.3 is 49.4 Å². The Morgan fingerprint density at radius 3 is 1.60 bits per heavy atom. The average Bonchev–Trinajstić information content (AvgIpc) is 4.26. The first-order valence-corrected chi connectivity index (χ1v) is 22.9. The zero-order valence-electron chi connectivity index (χ0n) is 39.3.